The van der Waals surface area contributed by atoms with E-state index in [1.165, 1.54) is 50.9 Å². The van der Waals surface area contributed by atoms with Crippen LogP contribution in [-0.4, -0.2) is 47.0 Å². The first-order chi connectivity index (χ1) is 15.8. The van der Waals surface area contributed by atoms with Gasteiger partial charge in [-0.2, -0.15) is 4.31 Å². The molecule has 0 fully saturated rings. The number of rotatable bonds is 9. The zero-order valence-electron chi connectivity index (χ0n) is 18.9. The molecule has 0 radical (unpaired) electrons. The topological polar surface area (TPSA) is 94.2 Å². The smallest absolute Gasteiger partial charge is 0.255 e. The Kier molecular flexibility index (Phi) is 7.57. The van der Waals surface area contributed by atoms with Crippen molar-refractivity contribution in [3.8, 4) is 17.2 Å². The number of carbonyl (C=O) groups excluding carboxylic acids is 1. The van der Waals surface area contributed by atoms with Gasteiger partial charge in [0.2, 0.25) is 10.0 Å². The summed E-state index contributed by atoms with van der Waals surface area (Å²) in [6.07, 6.45) is 0. The average Bonchev–Trinajstić information content (AvgIpc) is 2.84. The van der Waals surface area contributed by atoms with Crippen LogP contribution in [0.5, 0.6) is 17.2 Å². The molecule has 0 saturated carbocycles. The van der Waals surface area contributed by atoms with Crippen molar-refractivity contribution in [2.75, 3.05) is 33.7 Å². The lowest BCUT2D eigenvalue weighted by atomic mass is 10.2. The molecule has 1 N–H and O–H groups in total. The molecule has 0 bridgehead atoms. The number of anilines is 1. The number of hydrogen-bond acceptors (Lipinski definition) is 6. The molecule has 3 aromatic rings. The third-order valence-electron chi connectivity index (χ3n) is 5.02. The van der Waals surface area contributed by atoms with E-state index in [2.05, 4.69) is 5.32 Å². The lowest BCUT2D eigenvalue weighted by Gasteiger charge is -2.19. The van der Waals surface area contributed by atoms with E-state index in [1.54, 1.807) is 18.2 Å². The molecule has 0 aliphatic heterocycles. The van der Waals surface area contributed by atoms with Crippen molar-refractivity contribution in [3.63, 3.8) is 0 Å². The Morgan fingerprint density at radius 2 is 1.55 bits per heavy atom. The van der Waals surface area contributed by atoms with Gasteiger partial charge < -0.3 is 19.5 Å². The fourth-order valence-corrected chi connectivity index (χ4v) is 4.56. The van der Waals surface area contributed by atoms with Crippen LogP contribution in [0.1, 0.15) is 15.9 Å². The van der Waals surface area contributed by atoms with Gasteiger partial charge in [-0.05, 0) is 35.9 Å². The molecule has 0 saturated heterocycles. The maximum Gasteiger partial charge on any atom is 0.255 e. The number of ether oxygens (including phenoxy) is 3. The van der Waals surface area contributed by atoms with Gasteiger partial charge in [0.25, 0.3) is 5.91 Å². The fraction of sp³-hybridized carbons (Fsp3) is 0.208. The first-order valence-electron chi connectivity index (χ1n) is 10.0. The van der Waals surface area contributed by atoms with Crippen LogP contribution >= 0.6 is 0 Å². The van der Waals surface area contributed by atoms with Gasteiger partial charge in [0, 0.05) is 25.2 Å². The summed E-state index contributed by atoms with van der Waals surface area (Å²) in [5.74, 6) is 0.608. The van der Waals surface area contributed by atoms with E-state index in [0.717, 1.165) is 5.56 Å². The van der Waals surface area contributed by atoms with Gasteiger partial charge in [0.15, 0.2) is 0 Å². The Hall–Kier alpha value is -3.56. The highest BCUT2D eigenvalue weighted by Crippen LogP contribution is 2.31. The van der Waals surface area contributed by atoms with E-state index >= 15 is 0 Å². The number of sulfonamides is 1. The molecule has 0 aromatic heterocycles. The zero-order valence-corrected chi connectivity index (χ0v) is 19.7. The van der Waals surface area contributed by atoms with Crippen molar-refractivity contribution in [2.45, 2.75) is 11.4 Å². The number of nitrogens with one attached hydrogen (secondary N) is 1. The van der Waals surface area contributed by atoms with Crippen molar-refractivity contribution in [1.82, 2.24) is 4.31 Å². The second-order valence-corrected chi connectivity index (χ2v) is 9.15. The molecular weight excluding hydrogens is 444 g/mol. The van der Waals surface area contributed by atoms with Gasteiger partial charge in [-0.3, -0.25) is 4.79 Å². The normalized spacial score (nSPS) is 11.2. The van der Waals surface area contributed by atoms with Crippen LogP contribution in [0.3, 0.4) is 0 Å². The maximum absolute atomic E-state index is 13.3. The zero-order chi connectivity index (χ0) is 24.0. The highest BCUT2D eigenvalue weighted by atomic mass is 32.2. The van der Waals surface area contributed by atoms with E-state index in [0.29, 0.717) is 17.2 Å². The highest BCUT2D eigenvalue weighted by Gasteiger charge is 2.26. The molecule has 0 unspecified atom stereocenters. The highest BCUT2D eigenvalue weighted by molar-refractivity contribution is 7.89. The number of amides is 1. The quantitative estimate of drug-likeness (QED) is 0.511. The maximum atomic E-state index is 13.3. The van der Waals surface area contributed by atoms with Crippen molar-refractivity contribution in [3.05, 3.63) is 77.9 Å². The summed E-state index contributed by atoms with van der Waals surface area (Å²) in [6, 6.07) is 18.5. The Morgan fingerprint density at radius 3 is 2.18 bits per heavy atom. The number of carbonyl (C=O) groups is 1. The minimum atomic E-state index is -3.95. The molecule has 0 aliphatic carbocycles. The minimum Gasteiger partial charge on any atom is -0.497 e. The summed E-state index contributed by atoms with van der Waals surface area (Å²) < 4.78 is 43.6. The monoisotopic (exact) mass is 470 g/mol. The SMILES string of the molecule is COc1ccc(OC)c(NC(=O)c2ccc(OC)c(S(=O)(=O)N(C)Cc3ccccc3)c2)c1. The van der Waals surface area contributed by atoms with E-state index in [-0.39, 0.29) is 22.8 Å². The summed E-state index contributed by atoms with van der Waals surface area (Å²) >= 11 is 0. The second-order valence-electron chi connectivity index (χ2n) is 7.13. The van der Waals surface area contributed by atoms with Gasteiger partial charge in [-0.15, -0.1) is 0 Å². The van der Waals surface area contributed by atoms with Gasteiger partial charge in [-0.1, -0.05) is 30.3 Å². The van der Waals surface area contributed by atoms with Crippen molar-refractivity contribution < 1.29 is 27.4 Å². The minimum absolute atomic E-state index is 0.103. The standard InChI is InChI=1S/C24H26N2O6S/c1-26(16-17-8-6-5-7-9-17)33(28,29)23-14-18(10-12-22(23)32-4)24(27)25-20-15-19(30-2)11-13-21(20)31-3/h5-15H,16H2,1-4H3,(H,25,27). The number of nitrogens with zero attached hydrogens (tertiary/aromatic N) is 1. The predicted octanol–water partition coefficient (Wildman–Crippen LogP) is 3.79. The number of benzene rings is 3. The van der Waals surface area contributed by atoms with Crippen LogP contribution in [0.25, 0.3) is 0 Å². The van der Waals surface area contributed by atoms with Gasteiger partial charge in [0.1, 0.15) is 22.1 Å². The second kappa shape index (κ2) is 10.4. The molecule has 1 amide bonds. The van der Waals surface area contributed by atoms with Crippen LogP contribution in [0.2, 0.25) is 0 Å². The molecule has 174 valence electrons. The largest absolute Gasteiger partial charge is 0.497 e. The lowest BCUT2D eigenvalue weighted by Crippen LogP contribution is -2.27. The summed E-state index contributed by atoms with van der Waals surface area (Å²) in [5, 5.41) is 2.74. The van der Waals surface area contributed by atoms with Crippen molar-refractivity contribution in [1.29, 1.82) is 0 Å². The van der Waals surface area contributed by atoms with Crippen molar-refractivity contribution >= 4 is 21.6 Å². The number of methoxy groups -OCH3 is 3. The van der Waals surface area contributed by atoms with E-state index < -0.39 is 15.9 Å². The first-order valence-corrected chi connectivity index (χ1v) is 11.5. The van der Waals surface area contributed by atoms with Gasteiger partial charge in [-0.25, -0.2) is 8.42 Å². The number of hydrogen-bond donors (Lipinski definition) is 1. The summed E-state index contributed by atoms with van der Waals surface area (Å²) in [6.45, 7) is 0.170. The van der Waals surface area contributed by atoms with Gasteiger partial charge in [0.05, 0.1) is 27.0 Å². The molecule has 3 rings (SSSR count). The molecular formula is C24H26N2O6S. The lowest BCUT2D eigenvalue weighted by molar-refractivity contribution is 0.102. The molecule has 0 atom stereocenters. The third kappa shape index (κ3) is 5.44. The van der Waals surface area contributed by atoms with Crippen LogP contribution in [0, 0.1) is 0 Å². The van der Waals surface area contributed by atoms with Crippen LogP contribution in [0.15, 0.2) is 71.6 Å². The van der Waals surface area contributed by atoms with E-state index in [4.69, 9.17) is 14.2 Å². The predicted molar refractivity (Wildman–Crippen MR) is 126 cm³/mol. The summed E-state index contributed by atoms with van der Waals surface area (Å²) in [5.41, 5.74) is 1.37. The Morgan fingerprint density at radius 1 is 0.879 bits per heavy atom. The Balaban J connectivity index is 1.93. The van der Waals surface area contributed by atoms with Crippen molar-refractivity contribution in [2.24, 2.45) is 0 Å². The molecule has 0 heterocycles. The fourth-order valence-electron chi connectivity index (χ4n) is 3.22. The summed E-state index contributed by atoms with van der Waals surface area (Å²) in [4.78, 5) is 12.9. The van der Waals surface area contributed by atoms with E-state index in [1.807, 2.05) is 30.3 Å². The van der Waals surface area contributed by atoms with Crippen LogP contribution in [-0.2, 0) is 16.6 Å². The Labute approximate surface area is 193 Å². The molecule has 33 heavy (non-hydrogen) atoms. The summed E-state index contributed by atoms with van der Waals surface area (Å²) in [7, 11) is 1.91. The molecule has 8 nitrogen and oxygen atoms in total. The first kappa shape index (κ1) is 24.1. The molecule has 3 aromatic carbocycles. The molecule has 9 heteroatoms. The van der Waals surface area contributed by atoms with Gasteiger partial charge >= 0.3 is 0 Å². The molecule has 0 aliphatic rings. The molecule has 0 spiro atoms. The van der Waals surface area contributed by atoms with Crippen LogP contribution in [0.4, 0.5) is 5.69 Å². The Bertz CT molecular complexity index is 1230. The average molecular weight is 471 g/mol. The van der Waals surface area contributed by atoms with Crippen LogP contribution < -0.4 is 19.5 Å². The third-order valence-corrected chi connectivity index (χ3v) is 6.84. The van der Waals surface area contributed by atoms with E-state index in [9.17, 15) is 13.2 Å².